The second kappa shape index (κ2) is 13.1. The number of aromatic nitrogens is 1. The number of benzene rings is 8. The molecular weight excluding hydrogens is 759 g/mol. The minimum atomic E-state index is -0.135. The zero-order valence-electron chi connectivity index (χ0n) is 37.5. The maximum Gasteiger partial charge on any atom is 0.333 e. The number of hydrogen-bond acceptors (Lipinski definition) is 1. The maximum absolute atomic E-state index is 2.78. The lowest BCUT2D eigenvalue weighted by atomic mass is 9.44. The van der Waals surface area contributed by atoms with E-state index in [1.165, 1.54) is 153 Å². The van der Waals surface area contributed by atoms with E-state index in [4.69, 9.17) is 0 Å². The molecule has 8 aromatic carbocycles. The summed E-state index contributed by atoms with van der Waals surface area (Å²) in [5.41, 5.74) is 25.9. The fraction of sp³-hybridized carbons (Fsp3) is 0.233. The topological polar surface area (TPSA) is 8.17 Å². The van der Waals surface area contributed by atoms with Crippen LogP contribution in [0.2, 0.25) is 0 Å². The molecule has 0 radical (unpaired) electrons. The van der Waals surface area contributed by atoms with Gasteiger partial charge < -0.3 is 9.38 Å². The summed E-state index contributed by atoms with van der Waals surface area (Å²) in [6.07, 6.45) is 6.97. The maximum atomic E-state index is 2.78. The normalized spacial score (nSPS) is 15.4. The van der Waals surface area contributed by atoms with Crippen LogP contribution in [0.15, 0.2) is 140 Å². The van der Waals surface area contributed by atoms with Crippen molar-refractivity contribution in [3.05, 3.63) is 173 Å². The van der Waals surface area contributed by atoms with E-state index in [0.717, 1.165) is 12.8 Å². The first-order valence-corrected chi connectivity index (χ1v) is 23.7. The Morgan fingerprint density at radius 1 is 0.492 bits per heavy atom. The third-order valence-corrected chi connectivity index (χ3v) is 15.9. The van der Waals surface area contributed by atoms with Crippen molar-refractivity contribution in [3.8, 4) is 33.4 Å². The van der Waals surface area contributed by atoms with Crippen molar-refractivity contribution < 1.29 is 0 Å². The molecule has 4 aliphatic rings. The van der Waals surface area contributed by atoms with Crippen molar-refractivity contribution in [2.45, 2.75) is 90.9 Å². The Balaban J connectivity index is 1.18. The van der Waals surface area contributed by atoms with Crippen molar-refractivity contribution in [2.75, 3.05) is 4.90 Å². The van der Waals surface area contributed by atoms with Crippen LogP contribution >= 0.6 is 0 Å². The highest BCUT2D eigenvalue weighted by atomic mass is 15.2. The van der Waals surface area contributed by atoms with Crippen molar-refractivity contribution in [1.29, 1.82) is 0 Å². The Morgan fingerprint density at radius 3 is 1.90 bits per heavy atom. The van der Waals surface area contributed by atoms with Crippen LogP contribution < -0.4 is 15.8 Å². The summed E-state index contributed by atoms with van der Waals surface area (Å²) in [5.74, 6) is 0. The number of fused-ring (bicyclic) bond motifs is 15. The SMILES string of the molecule is CCCCc1ccc2c(c1)c1cc(CCCC)cc3c1n2B1c2cc4c(cc2N(c2ccc5c(c2)-c2ccccc2C5(C)C)c2cc5ccccc5c-3c21)-c1ccccc1C4(C)C. The average Bonchev–Trinajstić information content (AvgIpc) is 3.84. The first-order chi connectivity index (χ1) is 30.7. The number of hydrogen-bond donors (Lipinski definition) is 0. The van der Waals surface area contributed by atoms with E-state index >= 15 is 0 Å². The minimum absolute atomic E-state index is 0.0137. The molecule has 13 rings (SSSR count). The molecule has 3 heteroatoms. The van der Waals surface area contributed by atoms with E-state index in [1.807, 2.05) is 0 Å². The lowest BCUT2D eigenvalue weighted by Crippen LogP contribution is -2.57. The van der Waals surface area contributed by atoms with Crippen LogP contribution in [0.4, 0.5) is 17.1 Å². The van der Waals surface area contributed by atoms with Gasteiger partial charge in [0, 0.05) is 55.3 Å². The van der Waals surface area contributed by atoms with E-state index in [0.29, 0.717) is 0 Å². The summed E-state index contributed by atoms with van der Waals surface area (Å²) < 4.78 is 2.78. The van der Waals surface area contributed by atoms with Crippen LogP contribution in [0.5, 0.6) is 0 Å². The third kappa shape index (κ3) is 4.92. The summed E-state index contributed by atoms with van der Waals surface area (Å²) in [5, 5.41) is 5.44. The van der Waals surface area contributed by atoms with Crippen LogP contribution in [0.25, 0.3) is 66.0 Å². The van der Waals surface area contributed by atoms with Crippen molar-refractivity contribution in [2.24, 2.45) is 0 Å². The number of unbranched alkanes of at least 4 members (excludes halogenated alkanes) is 2. The quantitative estimate of drug-likeness (QED) is 0.146. The third-order valence-electron chi connectivity index (χ3n) is 15.9. The van der Waals surface area contributed by atoms with Crippen molar-refractivity contribution >= 4 is 67.4 Å². The zero-order chi connectivity index (χ0) is 42.5. The largest absolute Gasteiger partial charge is 0.375 e. The van der Waals surface area contributed by atoms with Crippen LogP contribution in [-0.4, -0.2) is 11.3 Å². The highest BCUT2D eigenvalue weighted by molar-refractivity contribution is 6.90. The highest BCUT2D eigenvalue weighted by Gasteiger charge is 2.47. The Kier molecular flexibility index (Phi) is 7.76. The molecule has 0 saturated carbocycles. The number of anilines is 3. The van der Waals surface area contributed by atoms with Gasteiger partial charge in [0.1, 0.15) is 0 Å². The summed E-state index contributed by atoms with van der Waals surface area (Å²) in [6, 6.07) is 55.2. The molecule has 63 heavy (non-hydrogen) atoms. The van der Waals surface area contributed by atoms with E-state index in [-0.39, 0.29) is 17.7 Å². The molecule has 0 N–H and O–H groups in total. The van der Waals surface area contributed by atoms with Gasteiger partial charge in [-0.05, 0) is 157 Å². The van der Waals surface area contributed by atoms with Gasteiger partial charge in [0.15, 0.2) is 0 Å². The Hall–Kier alpha value is -6.32. The molecule has 2 aliphatic carbocycles. The van der Waals surface area contributed by atoms with Gasteiger partial charge in [0.25, 0.3) is 0 Å². The van der Waals surface area contributed by atoms with E-state index in [1.54, 1.807) is 0 Å². The van der Waals surface area contributed by atoms with Crippen molar-refractivity contribution in [3.63, 3.8) is 0 Å². The highest BCUT2D eigenvalue weighted by Crippen LogP contribution is 2.55. The van der Waals surface area contributed by atoms with Crippen LogP contribution in [0.1, 0.15) is 101 Å². The van der Waals surface area contributed by atoms with Gasteiger partial charge in [-0.15, -0.1) is 0 Å². The second-order valence-electron chi connectivity index (χ2n) is 20.1. The predicted octanol–water partition coefficient (Wildman–Crippen LogP) is 14.7. The smallest absolute Gasteiger partial charge is 0.333 e. The molecule has 0 bridgehead atoms. The van der Waals surface area contributed by atoms with Gasteiger partial charge in [-0.25, -0.2) is 0 Å². The Labute approximate surface area is 372 Å². The molecular formula is C60H53BN2. The summed E-state index contributed by atoms with van der Waals surface area (Å²) in [6.45, 7) is 14.3. The van der Waals surface area contributed by atoms with E-state index < -0.39 is 0 Å². The fourth-order valence-electron chi connectivity index (χ4n) is 12.8. The minimum Gasteiger partial charge on any atom is -0.375 e. The summed E-state index contributed by atoms with van der Waals surface area (Å²) >= 11 is 0. The fourth-order valence-corrected chi connectivity index (χ4v) is 12.8. The number of nitrogens with zero attached hydrogens (tertiary/aromatic N) is 2. The Bertz CT molecular complexity index is 3450. The summed E-state index contributed by atoms with van der Waals surface area (Å²) in [7, 11) is 0. The van der Waals surface area contributed by atoms with Gasteiger partial charge in [0.2, 0.25) is 0 Å². The summed E-state index contributed by atoms with van der Waals surface area (Å²) in [4.78, 5) is 2.66. The van der Waals surface area contributed by atoms with Gasteiger partial charge in [0.05, 0.1) is 0 Å². The molecule has 2 nitrogen and oxygen atoms in total. The molecule has 1 aromatic heterocycles. The monoisotopic (exact) mass is 812 g/mol. The first-order valence-electron chi connectivity index (χ1n) is 23.7. The molecule has 3 heterocycles. The van der Waals surface area contributed by atoms with Gasteiger partial charge >= 0.3 is 6.85 Å². The molecule has 0 amide bonds. The van der Waals surface area contributed by atoms with Crippen LogP contribution in [-0.2, 0) is 23.7 Å². The molecule has 2 aliphatic heterocycles. The molecule has 0 atom stereocenters. The second-order valence-corrected chi connectivity index (χ2v) is 20.1. The zero-order valence-corrected chi connectivity index (χ0v) is 37.5. The lowest BCUT2D eigenvalue weighted by molar-refractivity contribution is 0.660. The van der Waals surface area contributed by atoms with Gasteiger partial charge in [-0.2, -0.15) is 0 Å². The van der Waals surface area contributed by atoms with E-state index in [2.05, 4.69) is 190 Å². The Morgan fingerprint density at radius 2 is 1.14 bits per heavy atom. The number of rotatable bonds is 7. The van der Waals surface area contributed by atoms with Crippen LogP contribution in [0, 0.1) is 0 Å². The lowest BCUT2D eigenvalue weighted by Gasteiger charge is -2.42. The predicted molar refractivity (Wildman–Crippen MR) is 270 cm³/mol. The molecule has 0 unspecified atom stereocenters. The van der Waals surface area contributed by atoms with Gasteiger partial charge in [-0.1, -0.05) is 145 Å². The standard InChI is InChI=1S/C60H53BN2/c1-7-9-17-36-25-28-53-45(29-36)46-30-37(18-10-8-2)31-47-56-40-20-12-11-19-38(40)32-55-57(56)61(63(53)58(46)47)52-35-51-44(42-22-14-16-24-49(42)60(51,5)6)34-54(52)62(55)39-26-27-50-43(33-39)41-21-13-15-23-48(41)59(50,3)4/h11-16,19-35H,7-10,17-18H2,1-6H3. The molecule has 306 valence electrons. The first kappa shape index (κ1) is 37.3. The number of aryl methyl sites for hydroxylation is 2. The van der Waals surface area contributed by atoms with Crippen LogP contribution in [0.3, 0.4) is 0 Å². The molecule has 0 spiro atoms. The molecule has 0 saturated heterocycles. The molecule has 0 fully saturated rings. The average molecular weight is 813 g/mol. The van der Waals surface area contributed by atoms with Gasteiger partial charge in [-0.3, -0.25) is 0 Å². The molecule has 9 aromatic rings. The van der Waals surface area contributed by atoms with E-state index in [9.17, 15) is 0 Å². The van der Waals surface area contributed by atoms with Crippen molar-refractivity contribution in [1.82, 2.24) is 4.48 Å².